The molecule has 1 unspecified atom stereocenters. The molecule has 0 aromatic heterocycles. The molecule has 38 heavy (non-hydrogen) atoms. The van der Waals surface area contributed by atoms with E-state index in [0.717, 1.165) is 16.7 Å². The van der Waals surface area contributed by atoms with Crippen molar-refractivity contribution >= 4 is 8.07 Å². The number of rotatable bonds is 13. The van der Waals surface area contributed by atoms with Crippen LogP contribution in [0.15, 0.2) is 91.0 Å². The van der Waals surface area contributed by atoms with Gasteiger partial charge in [-0.25, -0.2) is 0 Å². The third kappa shape index (κ3) is 8.87. The molecule has 0 spiro atoms. The minimum Gasteiger partial charge on any atom is -0.396 e. The van der Waals surface area contributed by atoms with E-state index in [1.807, 2.05) is 54.6 Å². The maximum Gasteiger partial charge on any atom is 0.113 e. The van der Waals surface area contributed by atoms with Gasteiger partial charge in [0.25, 0.3) is 0 Å². The highest BCUT2D eigenvalue weighted by Crippen LogP contribution is 2.31. The minimum atomic E-state index is -1.73. The molecule has 0 saturated carbocycles. The zero-order valence-electron chi connectivity index (χ0n) is 22.9. The Morgan fingerprint density at radius 3 is 1.79 bits per heavy atom. The lowest BCUT2D eigenvalue weighted by molar-refractivity contribution is -0.223. The maximum atomic E-state index is 10.9. The predicted octanol–water partition coefficient (Wildman–Crippen LogP) is 6.16. The summed E-state index contributed by atoms with van der Waals surface area (Å²) in [6, 6.07) is 30.6. The van der Waals surface area contributed by atoms with Gasteiger partial charge in [0.05, 0.1) is 46.7 Å². The molecule has 1 aliphatic rings. The first-order valence-electron chi connectivity index (χ1n) is 13.6. The van der Waals surface area contributed by atoms with Crippen LogP contribution in [0.25, 0.3) is 0 Å². The lowest BCUT2D eigenvalue weighted by atomic mass is 9.95. The summed E-state index contributed by atoms with van der Waals surface area (Å²) in [5.74, 6) is 0. The molecular weight excluding hydrogens is 492 g/mol. The average Bonchev–Trinajstić information content (AvgIpc) is 2.92. The molecule has 5 atom stereocenters. The Morgan fingerprint density at radius 2 is 1.26 bits per heavy atom. The van der Waals surface area contributed by atoms with Crippen LogP contribution >= 0.6 is 0 Å². The molecule has 3 aromatic rings. The molecule has 1 aliphatic heterocycles. The minimum absolute atomic E-state index is 0.126. The van der Waals surface area contributed by atoms with Crippen molar-refractivity contribution in [2.45, 2.75) is 82.4 Å². The number of aliphatic hydroxyl groups is 1. The number of benzene rings is 3. The zero-order chi connectivity index (χ0) is 26.8. The Bertz CT molecular complexity index is 1060. The van der Waals surface area contributed by atoms with Crippen LogP contribution in [0.1, 0.15) is 29.5 Å². The Hall–Kier alpha value is -2.32. The van der Waals surface area contributed by atoms with Crippen LogP contribution in [0.3, 0.4) is 0 Å². The molecule has 0 aliphatic carbocycles. The number of ether oxygens (including phenoxy) is 4. The van der Waals surface area contributed by atoms with E-state index < -0.39 is 8.07 Å². The van der Waals surface area contributed by atoms with Gasteiger partial charge < -0.3 is 24.1 Å². The average molecular weight is 535 g/mol. The van der Waals surface area contributed by atoms with Crippen molar-refractivity contribution < 1.29 is 24.1 Å². The second-order valence-corrected chi connectivity index (χ2v) is 16.6. The van der Waals surface area contributed by atoms with Crippen LogP contribution in [0, 0.1) is 0 Å². The summed E-state index contributed by atoms with van der Waals surface area (Å²) < 4.78 is 25.8. The Kier molecular flexibility index (Phi) is 10.7. The highest BCUT2D eigenvalue weighted by molar-refractivity contribution is 6.77. The maximum absolute atomic E-state index is 10.9. The standard InChI is InChI=1S/C32H42O5Si/c1-38(2,3)31(33)20-28-19-29(35-22-26-15-9-5-10-16-26)32(36-23-27-17-11-6-12-18-27)30(37-28)24-34-21-25-13-7-4-8-14-25/h4-18,28-33H,19-24H2,1-3H3/t28-,29-,30-,31?,32+/m1/s1. The van der Waals surface area contributed by atoms with Crippen LogP contribution in [0.5, 0.6) is 0 Å². The van der Waals surface area contributed by atoms with Gasteiger partial charge in [-0.1, -0.05) is 111 Å². The summed E-state index contributed by atoms with van der Waals surface area (Å²) >= 11 is 0. The lowest BCUT2D eigenvalue weighted by Gasteiger charge is -2.43. The van der Waals surface area contributed by atoms with E-state index in [-0.39, 0.29) is 30.1 Å². The zero-order valence-corrected chi connectivity index (χ0v) is 23.9. The SMILES string of the molecule is C[Si](C)(C)C(O)C[C@H]1C[C@@H](OCc2ccccc2)[C@H](OCc2ccccc2)[C@@H](COCc2ccccc2)O1. The molecule has 204 valence electrons. The second kappa shape index (κ2) is 14.2. The van der Waals surface area contributed by atoms with Crippen molar-refractivity contribution in [1.82, 2.24) is 0 Å². The molecule has 6 heteroatoms. The lowest BCUT2D eigenvalue weighted by Crippen LogP contribution is -2.54. The summed E-state index contributed by atoms with van der Waals surface area (Å²) in [6.07, 6.45) is 0.354. The van der Waals surface area contributed by atoms with Crippen LogP contribution in [-0.2, 0) is 38.8 Å². The number of hydrogen-bond donors (Lipinski definition) is 1. The van der Waals surface area contributed by atoms with E-state index in [4.69, 9.17) is 18.9 Å². The quantitative estimate of drug-likeness (QED) is 0.266. The van der Waals surface area contributed by atoms with Crippen LogP contribution in [0.4, 0.5) is 0 Å². The van der Waals surface area contributed by atoms with E-state index in [2.05, 4.69) is 56.0 Å². The normalized spacial score (nSPS) is 22.7. The van der Waals surface area contributed by atoms with Crippen molar-refractivity contribution in [1.29, 1.82) is 0 Å². The summed E-state index contributed by atoms with van der Waals surface area (Å²) in [4.78, 5) is 0. The monoisotopic (exact) mass is 534 g/mol. The van der Waals surface area contributed by atoms with Crippen molar-refractivity contribution in [3.05, 3.63) is 108 Å². The number of aliphatic hydroxyl groups excluding tert-OH is 1. The van der Waals surface area contributed by atoms with Crippen molar-refractivity contribution in [2.24, 2.45) is 0 Å². The molecule has 1 heterocycles. The largest absolute Gasteiger partial charge is 0.396 e. The Labute approximate surface area is 228 Å². The Balaban J connectivity index is 1.51. The molecule has 1 saturated heterocycles. The van der Waals surface area contributed by atoms with Gasteiger partial charge in [0.15, 0.2) is 0 Å². The highest BCUT2D eigenvalue weighted by Gasteiger charge is 2.42. The van der Waals surface area contributed by atoms with Crippen LogP contribution in [-0.4, -0.2) is 49.9 Å². The van der Waals surface area contributed by atoms with Gasteiger partial charge >= 0.3 is 0 Å². The smallest absolute Gasteiger partial charge is 0.113 e. The van der Waals surface area contributed by atoms with Gasteiger partial charge in [-0.15, -0.1) is 0 Å². The molecule has 4 rings (SSSR count). The molecule has 0 radical (unpaired) electrons. The fraction of sp³-hybridized carbons (Fsp3) is 0.438. The van der Waals surface area contributed by atoms with E-state index in [9.17, 15) is 5.11 Å². The second-order valence-electron chi connectivity index (χ2n) is 11.2. The fourth-order valence-electron chi connectivity index (χ4n) is 4.69. The van der Waals surface area contributed by atoms with Crippen molar-refractivity contribution in [3.8, 4) is 0 Å². The van der Waals surface area contributed by atoms with Gasteiger partial charge in [0.1, 0.15) is 12.2 Å². The van der Waals surface area contributed by atoms with Crippen molar-refractivity contribution in [3.63, 3.8) is 0 Å². The number of hydrogen-bond acceptors (Lipinski definition) is 5. The first kappa shape index (κ1) is 28.7. The van der Waals surface area contributed by atoms with Crippen LogP contribution in [0.2, 0.25) is 19.6 Å². The summed E-state index contributed by atoms with van der Waals surface area (Å²) in [5.41, 5.74) is 2.99. The van der Waals surface area contributed by atoms with Gasteiger partial charge in [0.2, 0.25) is 0 Å². The first-order chi connectivity index (χ1) is 18.4. The van der Waals surface area contributed by atoms with Crippen LogP contribution < -0.4 is 0 Å². The van der Waals surface area contributed by atoms with Crippen molar-refractivity contribution in [2.75, 3.05) is 6.61 Å². The van der Waals surface area contributed by atoms with Gasteiger partial charge in [-0.05, 0) is 23.1 Å². The third-order valence-corrected chi connectivity index (χ3v) is 9.30. The molecular formula is C32H42O5Si. The highest BCUT2D eigenvalue weighted by atomic mass is 28.3. The van der Waals surface area contributed by atoms with Gasteiger partial charge in [0, 0.05) is 12.1 Å². The van der Waals surface area contributed by atoms with E-state index >= 15 is 0 Å². The van der Waals surface area contributed by atoms with Gasteiger partial charge in [-0.3, -0.25) is 0 Å². The van der Waals surface area contributed by atoms with E-state index in [1.165, 1.54) is 0 Å². The fourth-order valence-corrected chi connectivity index (χ4v) is 5.66. The molecule has 0 bridgehead atoms. The molecule has 3 aromatic carbocycles. The van der Waals surface area contributed by atoms with E-state index in [1.54, 1.807) is 0 Å². The summed E-state index contributed by atoms with van der Waals surface area (Å²) in [6.45, 7) is 8.43. The molecule has 5 nitrogen and oxygen atoms in total. The molecule has 1 N–H and O–H groups in total. The summed E-state index contributed by atoms with van der Waals surface area (Å²) in [5, 5.41) is 10.9. The third-order valence-electron chi connectivity index (χ3n) is 7.07. The molecule has 0 amide bonds. The topological polar surface area (TPSA) is 57.2 Å². The Morgan fingerprint density at radius 1 is 0.763 bits per heavy atom. The van der Waals surface area contributed by atoms with Gasteiger partial charge in [-0.2, -0.15) is 0 Å². The predicted molar refractivity (Wildman–Crippen MR) is 153 cm³/mol. The molecule has 1 fully saturated rings. The summed E-state index contributed by atoms with van der Waals surface area (Å²) in [7, 11) is -1.73. The van der Waals surface area contributed by atoms with E-state index in [0.29, 0.717) is 39.3 Å². The first-order valence-corrected chi connectivity index (χ1v) is 17.2.